The van der Waals surface area contributed by atoms with Crippen molar-refractivity contribution in [1.29, 1.82) is 0 Å². The maximum atomic E-state index is 11.5. The Bertz CT molecular complexity index is 584. The van der Waals surface area contributed by atoms with Crippen LogP contribution >= 0.6 is 22.6 Å². The lowest BCUT2D eigenvalue weighted by atomic mass is 10.0. The van der Waals surface area contributed by atoms with Crippen molar-refractivity contribution in [3.63, 3.8) is 0 Å². The van der Waals surface area contributed by atoms with Gasteiger partial charge in [-0.2, -0.15) is 8.42 Å². The van der Waals surface area contributed by atoms with Crippen LogP contribution in [0.5, 0.6) is 0 Å². The molecule has 0 bridgehead atoms. The second kappa shape index (κ2) is 10.5. The highest BCUT2D eigenvalue weighted by Gasteiger charge is 2.30. The number of hydrogen-bond donors (Lipinski definition) is 0. The van der Waals surface area contributed by atoms with Crippen molar-refractivity contribution in [3.8, 4) is 0 Å². The van der Waals surface area contributed by atoms with Crippen LogP contribution in [0.15, 0.2) is 22.3 Å². The van der Waals surface area contributed by atoms with E-state index in [2.05, 4.69) is 35.7 Å². The summed E-state index contributed by atoms with van der Waals surface area (Å²) >= 11 is 2.15. The summed E-state index contributed by atoms with van der Waals surface area (Å²) in [4.78, 5) is 0. The molecule has 2 saturated heterocycles. The summed E-state index contributed by atoms with van der Waals surface area (Å²) in [5.74, 6) is 0. The van der Waals surface area contributed by atoms with Crippen LogP contribution in [0.2, 0.25) is 0 Å². The Kier molecular flexibility index (Phi) is 9.02. The molecule has 2 fully saturated rings. The van der Waals surface area contributed by atoms with Gasteiger partial charge < -0.3 is 14.2 Å². The highest BCUT2D eigenvalue weighted by molar-refractivity contribution is 14.1. The summed E-state index contributed by atoms with van der Waals surface area (Å²) in [5.41, 5.74) is 1.07. The minimum atomic E-state index is -3.48. The third-order valence-corrected chi connectivity index (χ3v) is 5.68. The van der Waals surface area contributed by atoms with E-state index in [1.165, 1.54) is 0 Å². The summed E-state index contributed by atoms with van der Waals surface area (Å²) in [5, 5.41) is 0. The minimum Gasteiger partial charge on any atom is -0.370 e. The zero-order valence-corrected chi connectivity index (χ0v) is 18.3. The van der Waals surface area contributed by atoms with Gasteiger partial charge in [0.15, 0.2) is 6.29 Å². The molecular weight excluding hydrogens is 471 g/mol. The molecule has 2 rings (SSSR count). The molecule has 0 spiro atoms. The van der Waals surface area contributed by atoms with Crippen LogP contribution in [-0.4, -0.2) is 52.5 Å². The van der Waals surface area contributed by atoms with E-state index in [-0.39, 0.29) is 24.6 Å². The molecule has 0 saturated carbocycles. The minimum absolute atomic E-state index is 0.0427. The predicted octanol–water partition coefficient (Wildman–Crippen LogP) is 3.71. The summed E-state index contributed by atoms with van der Waals surface area (Å²) < 4.78 is 46.2. The molecule has 0 unspecified atom stereocenters. The van der Waals surface area contributed by atoms with Gasteiger partial charge in [0.2, 0.25) is 0 Å². The zero-order chi connectivity index (χ0) is 19.2. The molecule has 150 valence electrons. The van der Waals surface area contributed by atoms with E-state index >= 15 is 0 Å². The molecule has 8 heteroatoms. The van der Waals surface area contributed by atoms with Crippen molar-refractivity contribution in [2.45, 2.75) is 69.5 Å². The summed E-state index contributed by atoms with van der Waals surface area (Å²) in [6.45, 7) is 9.32. The van der Waals surface area contributed by atoms with Crippen molar-refractivity contribution >= 4 is 32.7 Å². The van der Waals surface area contributed by atoms with Crippen molar-refractivity contribution in [1.82, 2.24) is 0 Å². The van der Waals surface area contributed by atoms with Gasteiger partial charge in [-0.25, -0.2) is 0 Å². The van der Waals surface area contributed by atoms with Gasteiger partial charge in [-0.15, -0.1) is 0 Å². The molecule has 3 atom stereocenters. The molecule has 0 aromatic carbocycles. The SMILES string of the molecule is C=C(I)CC[C@@H](CC[C@@H]1O[C@@H](CCC2OCCO2)CC1=C)OS(C)(=O)=O. The molecule has 0 amide bonds. The Balaban J connectivity index is 1.77. The van der Waals surface area contributed by atoms with Gasteiger partial charge in [0.1, 0.15) is 0 Å². The first kappa shape index (κ1) is 22.3. The Morgan fingerprint density at radius 3 is 2.58 bits per heavy atom. The molecular formula is C18H29IO6S. The van der Waals surface area contributed by atoms with E-state index in [1.807, 2.05) is 0 Å². The second-order valence-corrected chi connectivity index (χ2v) is 10.0. The van der Waals surface area contributed by atoms with Crippen molar-refractivity contribution in [2.75, 3.05) is 19.5 Å². The largest absolute Gasteiger partial charge is 0.370 e. The van der Waals surface area contributed by atoms with Crippen LogP contribution in [0, 0.1) is 0 Å². The van der Waals surface area contributed by atoms with Gasteiger partial charge in [-0.05, 0) is 70.3 Å². The quantitative estimate of drug-likeness (QED) is 0.245. The average molecular weight is 500 g/mol. The van der Waals surface area contributed by atoms with Gasteiger partial charge in [-0.1, -0.05) is 13.2 Å². The molecule has 0 N–H and O–H groups in total. The highest BCUT2D eigenvalue weighted by Crippen LogP contribution is 2.32. The molecule has 6 nitrogen and oxygen atoms in total. The number of ether oxygens (including phenoxy) is 3. The monoisotopic (exact) mass is 500 g/mol. The number of hydrogen-bond acceptors (Lipinski definition) is 6. The summed E-state index contributed by atoms with van der Waals surface area (Å²) in [6, 6.07) is 0. The average Bonchev–Trinajstić information content (AvgIpc) is 3.16. The Hall–Kier alpha value is 0. The van der Waals surface area contributed by atoms with Gasteiger partial charge in [0, 0.05) is 6.42 Å². The van der Waals surface area contributed by atoms with Crippen LogP contribution < -0.4 is 0 Å². The predicted molar refractivity (Wildman–Crippen MR) is 109 cm³/mol. The molecule has 2 aliphatic heterocycles. The second-order valence-electron chi connectivity index (χ2n) is 6.91. The number of rotatable bonds is 11. The van der Waals surface area contributed by atoms with E-state index in [4.69, 9.17) is 18.4 Å². The van der Waals surface area contributed by atoms with Crippen molar-refractivity contribution in [2.24, 2.45) is 0 Å². The lowest BCUT2D eigenvalue weighted by molar-refractivity contribution is -0.0588. The molecule has 26 heavy (non-hydrogen) atoms. The fourth-order valence-corrected chi connectivity index (χ4v) is 4.28. The zero-order valence-electron chi connectivity index (χ0n) is 15.3. The lowest BCUT2D eigenvalue weighted by Crippen LogP contribution is -2.21. The summed E-state index contributed by atoms with van der Waals surface area (Å²) in [6.07, 6.45) is 5.93. The first-order chi connectivity index (χ1) is 12.2. The van der Waals surface area contributed by atoms with E-state index in [9.17, 15) is 8.42 Å². The van der Waals surface area contributed by atoms with Gasteiger partial charge in [-0.3, -0.25) is 4.18 Å². The summed E-state index contributed by atoms with van der Waals surface area (Å²) in [7, 11) is -3.48. The van der Waals surface area contributed by atoms with Gasteiger partial charge >= 0.3 is 0 Å². The van der Waals surface area contributed by atoms with Gasteiger partial charge in [0.05, 0.1) is 37.8 Å². The van der Waals surface area contributed by atoms with Crippen LogP contribution in [0.25, 0.3) is 0 Å². The topological polar surface area (TPSA) is 71.1 Å². The first-order valence-corrected chi connectivity index (χ1v) is 11.9. The van der Waals surface area contributed by atoms with E-state index < -0.39 is 10.1 Å². The molecule has 2 heterocycles. The van der Waals surface area contributed by atoms with Crippen molar-refractivity contribution in [3.05, 3.63) is 22.3 Å². The lowest BCUT2D eigenvalue weighted by Gasteiger charge is -2.19. The third kappa shape index (κ3) is 8.35. The fourth-order valence-electron chi connectivity index (χ4n) is 3.28. The van der Waals surface area contributed by atoms with Crippen LogP contribution in [0.4, 0.5) is 0 Å². The number of allylic oxidation sites excluding steroid dienone is 1. The van der Waals surface area contributed by atoms with E-state index in [0.29, 0.717) is 32.5 Å². The molecule has 2 aliphatic rings. The first-order valence-electron chi connectivity index (χ1n) is 9.01. The maximum Gasteiger partial charge on any atom is 0.264 e. The molecule has 0 aromatic heterocycles. The highest BCUT2D eigenvalue weighted by atomic mass is 127. The smallest absolute Gasteiger partial charge is 0.264 e. The molecule has 0 radical (unpaired) electrons. The van der Waals surface area contributed by atoms with Crippen molar-refractivity contribution < 1.29 is 26.8 Å². The maximum absolute atomic E-state index is 11.5. The standard InChI is InChI=1S/C18H29IO6S/c1-13-12-16(7-9-18-22-10-11-23-18)24-17(13)8-6-15(5-4-14(2)19)25-26(3,20)21/h15-18H,1-2,4-12H2,3H3/t15-,16-,17-/m0/s1. The van der Waals surface area contributed by atoms with Crippen LogP contribution in [0.3, 0.4) is 0 Å². The van der Waals surface area contributed by atoms with E-state index in [0.717, 1.165) is 41.1 Å². The fraction of sp³-hybridized carbons (Fsp3) is 0.778. The van der Waals surface area contributed by atoms with E-state index in [1.54, 1.807) is 0 Å². The van der Waals surface area contributed by atoms with Gasteiger partial charge in [0.25, 0.3) is 10.1 Å². The third-order valence-electron chi connectivity index (χ3n) is 4.52. The Morgan fingerprint density at radius 1 is 1.27 bits per heavy atom. The number of halogens is 1. The Morgan fingerprint density at radius 2 is 1.96 bits per heavy atom. The van der Waals surface area contributed by atoms with Crippen LogP contribution in [0.1, 0.15) is 44.9 Å². The van der Waals surface area contributed by atoms with Crippen LogP contribution in [-0.2, 0) is 28.5 Å². The Labute approximate surface area is 170 Å². The molecule has 0 aliphatic carbocycles. The molecule has 0 aromatic rings. The normalized spacial score (nSPS) is 25.7.